The van der Waals surface area contributed by atoms with Crippen LogP contribution in [0.5, 0.6) is 0 Å². The van der Waals surface area contributed by atoms with Gasteiger partial charge in [-0.1, -0.05) is 54.6 Å². The molecular formula is C20H21NO3. The minimum Gasteiger partial charge on any atom is -0.467 e. The monoisotopic (exact) mass is 323 g/mol. The molecule has 0 saturated carbocycles. The summed E-state index contributed by atoms with van der Waals surface area (Å²) in [6.07, 6.45) is 1.65. The molecule has 4 nitrogen and oxygen atoms in total. The van der Waals surface area contributed by atoms with Gasteiger partial charge < -0.3 is 10.1 Å². The first-order chi connectivity index (χ1) is 11.5. The molecule has 2 atom stereocenters. The van der Waals surface area contributed by atoms with E-state index in [9.17, 15) is 9.59 Å². The zero-order valence-corrected chi connectivity index (χ0v) is 13.9. The molecule has 0 saturated heterocycles. The van der Waals surface area contributed by atoms with E-state index >= 15 is 0 Å². The number of esters is 1. The Bertz CT molecular complexity index is 712. The van der Waals surface area contributed by atoms with Gasteiger partial charge in [0, 0.05) is 11.5 Å². The average Bonchev–Trinajstić information content (AvgIpc) is 2.63. The van der Waals surface area contributed by atoms with E-state index in [0.29, 0.717) is 5.56 Å². The third kappa shape index (κ3) is 3.54. The maximum atomic E-state index is 12.6. The van der Waals surface area contributed by atoms with Gasteiger partial charge in [0.25, 0.3) is 5.91 Å². The van der Waals surface area contributed by atoms with Crippen molar-refractivity contribution in [1.82, 2.24) is 5.32 Å². The van der Waals surface area contributed by atoms with Crippen molar-refractivity contribution in [3.05, 3.63) is 84.4 Å². The van der Waals surface area contributed by atoms with Crippen LogP contribution in [-0.4, -0.2) is 24.5 Å². The van der Waals surface area contributed by atoms with E-state index in [0.717, 1.165) is 5.56 Å². The van der Waals surface area contributed by atoms with Gasteiger partial charge in [-0.2, -0.15) is 0 Å². The van der Waals surface area contributed by atoms with Crippen LogP contribution < -0.4 is 5.32 Å². The van der Waals surface area contributed by atoms with Gasteiger partial charge in [0.15, 0.2) is 0 Å². The van der Waals surface area contributed by atoms with Gasteiger partial charge in [-0.05, 0) is 24.6 Å². The molecule has 0 aliphatic heterocycles. The van der Waals surface area contributed by atoms with Crippen molar-refractivity contribution in [3.63, 3.8) is 0 Å². The first-order valence-electron chi connectivity index (χ1n) is 7.66. The lowest BCUT2D eigenvalue weighted by molar-refractivity contribution is -0.148. The molecule has 2 aromatic rings. The van der Waals surface area contributed by atoms with Crippen molar-refractivity contribution in [2.75, 3.05) is 7.11 Å². The van der Waals surface area contributed by atoms with Gasteiger partial charge in [0.1, 0.15) is 5.54 Å². The minimum absolute atomic E-state index is 0.341. The van der Waals surface area contributed by atoms with Crippen molar-refractivity contribution in [2.24, 2.45) is 0 Å². The average molecular weight is 323 g/mol. The first kappa shape index (κ1) is 17.5. The molecule has 1 amide bonds. The van der Waals surface area contributed by atoms with Gasteiger partial charge in [0.2, 0.25) is 0 Å². The molecule has 0 radical (unpaired) electrons. The Labute approximate surface area is 142 Å². The summed E-state index contributed by atoms with van der Waals surface area (Å²) in [6.45, 7) is 5.49. The van der Waals surface area contributed by atoms with Gasteiger partial charge >= 0.3 is 5.97 Å². The van der Waals surface area contributed by atoms with Gasteiger partial charge in [0.05, 0.1) is 7.11 Å². The summed E-state index contributed by atoms with van der Waals surface area (Å²) in [5.74, 6) is -1.30. The van der Waals surface area contributed by atoms with E-state index < -0.39 is 17.4 Å². The minimum atomic E-state index is -1.27. The van der Waals surface area contributed by atoms with E-state index in [2.05, 4.69) is 11.9 Å². The predicted octanol–water partition coefficient (Wildman–Crippen LogP) is 3.32. The molecule has 0 aliphatic carbocycles. The Balaban J connectivity index is 2.40. The Morgan fingerprint density at radius 2 is 1.62 bits per heavy atom. The van der Waals surface area contributed by atoms with Crippen LogP contribution in [-0.2, 0) is 9.53 Å². The van der Waals surface area contributed by atoms with Crippen molar-refractivity contribution in [1.29, 1.82) is 0 Å². The lowest BCUT2D eigenvalue weighted by Gasteiger charge is -2.34. The second-order valence-corrected chi connectivity index (χ2v) is 5.64. The summed E-state index contributed by atoms with van der Waals surface area (Å²) in [4.78, 5) is 25.1. The fourth-order valence-electron chi connectivity index (χ4n) is 2.73. The van der Waals surface area contributed by atoms with Crippen molar-refractivity contribution < 1.29 is 14.3 Å². The number of amides is 1. The van der Waals surface area contributed by atoms with Crippen LogP contribution in [0.15, 0.2) is 73.3 Å². The van der Waals surface area contributed by atoms with Crippen LogP contribution in [0, 0.1) is 0 Å². The number of hydrogen-bond donors (Lipinski definition) is 1. The molecule has 1 N–H and O–H groups in total. The summed E-state index contributed by atoms with van der Waals surface area (Å²) in [5.41, 5.74) is 0.0717. The van der Waals surface area contributed by atoms with E-state index in [1.165, 1.54) is 7.11 Å². The number of methoxy groups -OCH3 is 1. The number of nitrogens with one attached hydrogen (secondary N) is 1. The number of ether oxygens (including phenoxy) is 1. The van der Waals surface area contributed by atoms with Crippen LogP contribution >= 0.6 is 0 Å². The van der Waals surface area contributed by atoms with Crippen molar-refractivity contribution in [3.8, 4) is 0 Å². The topological polar surface area (TPSA) is 55.4 Å². The summed E-state index contributed by atoms with van der Waals surface area (Å²) < 4.78 is 4.95. The highest BCUT2D eigenvalue weighted by atomic mass is 16.5. The number of carbonyl (C=O) groups excluding carboxylic acids is 2. The third-order valence-corrected chi connectivity index (χ3v) is 4.04. The van der Waals surface area contributed by atoms with E-state index in [1.54, 1.807) is 37.3 Å². The Morgan fingerprint density at radius 3 is 2.12 bits per heavy atom. The van der Waals surface area contributed by atoms with E-state index in [4.69, 9.17) is 4.74 Å². The molecule has 124 valence electrons. The highest BCUT2D eigenvalue weighted by Crippen LogP contribution is 2.31. The van der Waals surface area contributed by atoms with Gasteiger partial charge in [-0.15, -0.1) is 6.58 Å². The van der Waals surface area contributed by atoms with Gasteiger partial charge in [-0.25, -0.2) is 4.79 Å². The molecule has 0 heterocycles. The quantitative estimate of drug-likeness (QED) is 0.655. The lowest BCUT2D eigenvalue weighted by atomic mass is 9.80. The van der Waals surface area contributed by atoms with Crippen LogP contribution in [0.1, 0.15) is 28.8 Å². The molecule has 0 fully saturated rings. The highest BCUT2D eigenvalue weighted by molar-refractivity contribution is 5.98. The maximum absolute atomic E-state index is 12.6. The maximum Gasteiger partial charge on any atom is 0.332 e. The van der Waals surface area contributed by atoms with Crippen LogP contribution in [0.2, 0.25) is 0 Å². The Hall–Kier alpha value is -2.88. The largest absolute Gasteiger partial charge is 0.467 e. The van der Waals surface area contributed by atoms with Crippen LogP contribution in [0.4, 0.5) is 0 Å². The molecule has 0 bridgehead atoms. The summed E-state index contributed by atoms with van der Waals surface area (Å²) in [5, 5.41) is 2.83. The smallest absolute Gasteiger partial charge is 0.332 e. The van der Waals surface area contributed by atoms with Crippen LogP contribution in [0.3, 0.4) is 0 Å². The zero-order chi connectivity index (χ0) is 17.6. The zero-order valence-electron chi connectivity index (χ0n) is 13.9. The molecule has 0 spiro atoms. The molecule has 0 aromatic heterocycles. The number of benzene rings is 2. The van der Waals surface area contributed by atoms with E-state index in [1.807, 2.05) is 36.4 Å². The van der Waals surface area contributed by atoms with Crippen molar-refractivity contribution in [2.45, 2.75) is 18.4 Å². The fourth-order valence-corrected chi connectivity index (χ4v) is 2.73. The third-order valence-electron chi connectivity index (χ3n) is 4.04. The molecule has 4 heteroatoms. The molecule has 2 aromatic carbocycles. The standard InChI is InChI=1S/C20H21NO3/c1-4-17(15-11-7-5-8-12-15)20(2,19(23)24-3)21-18(22)16-13-9-6-10-14-16/h4-14,17H,1H2,2-3H3,(H,21,22)/t17-,20+/m0/s1. The fraction of sp³-hybridized carbons (Fsp3) is 0.200. The first-order valence-corrected chi connectivity index (χ1v) is 7.66. The summed E-state index contributed by atoms with van der Waals surface area (Å²) in [6, 6.07) is 18.2. The second-order valence-electron chi connectivity index (χ2n) is 5.64. The van der Waals surface area contributed by atoms with Crippen LogP contribution in [0.25, 0.3) is 0 Å². The lowest BCUT2D eigenvalue weighted by Crippen LogP contribution is -2.56. The molecule has 24 heavy (non-hydrogen) atoms. The second kappa shape index (κ2) is 7.59. The Morgan fingerprint density at radius 1 is 1.08 bits per heavy atom. The van der Waals surface area contributed by atoms with E-state index in [-0.39, 0.29) is 5.91 Å². The normalized spacial score (nSPS) is 14.1. The summed E-state index contributed by atoms with van der Waals surface area (Å²) >= 11 is 0. The number of carbonyl (C=O) groups is 2. The Kier molecular flexibility index (Phi) is 5.53. The summed E-state index contributed by atoms with van der Waals surface area (Å²) in [7, 11) is 1.31. The molecule has 2 rings (SSSR count). The molecule has 0 aliphatic rings. The van der Waals surface area contributed by atoms with Crippen molar-refractivity contribution >= 4 is 11.9 Å². The predicted molar refractivity (Wildman–Crippen MR) is 93.7 cm³/mol. The molecule has 0 unspecified atom stereocenters. The highest BCUT2D eigenvalue weighted by Gasteiger charge is 2.43. The number of rotatable bonds is 6. The molecular weight excluding hydrogens is 302 g/mol. The van der Waals surface area contributed by atoms with Gasteiger partial charge in [-0.3, -0.25) is 4.79 Å². The number of hydrogen-bond acceptors (Lipinski definition) is 3. The SMILES string of the molecule is C=C[C@@H](c1ccccc1)[C@@](C)(NC(=O)c1ccccc1)C(=O)OC.